The molecule has 6 heteroatoms. The maximum absolute atomic E-state index is 12.9. The molecule has 0 unspecified atom stereocenters. The van der Waals surface area contributed by atoms with Crippen molar-refractivity contribution in [3.8, 4) is 0 Å². The predicted octanol–water partition coefficient (Wildman–Crippen LogP) is 2.22. The lowest BCUT2D eigenvalue weighted by Crippen LogP contribution is -2.43. The van der Waals surface area contributed by atoms with Crippen molar-refractivity contribution in [3.05, 3.63) is 71.3 Å². The van der Waals surface area contributed by atoms with Gasteiger partial charge in [0.2, 0.25) is 0 Å². The molecule has 1 heterocycles. The van der Waals surface area contributed by atoms with Crippen LogP contribution in [-0.4, -0.2) is 34.8 Å². The van der Waals surface area contributed by atoms with E-state index in [2.05, 4.69) is 5.10 Å². The highest BCUT2D eigenvalue weighted by Crippen LogP contribution is 2.36. The molecule has 3 rings (SSSR count). The van der Waals surface area contributed by atoms with Crippen molar-refractivity contribution in [2.24, 2.45) is 5.10 Å². The van der Waals surface area contributed by atoms with Crippen LogP contribution >= 0.6 is 0 Å². The molecule has 1 amide bonds. The van der Waals surface area contributed by atoms with Crippen LogP contribution in [0.25, 0.3) is 0 Å². The summed E-state index contributed by atoms with van der Waals surface area (Å²) in [6, 6.07) is 15.6. The Morgan fingerprint density at radius 1 is 1.12 bits per heavy atom. The molecule has 0 radical (unpaired) electrons. The third kappa shape index (κ3) is 3.04. The number of ether oxygens (including phenoxy) is 1. The number of amides is 1. The number of aryl methyl sites for hydroxylation is 1. The van der Waals surface area contributed by atoms with Crippen molar-refractivity contribution in [2.45, 2.75) is 19.1 Å². The second-order valence-electron chi connectivity index (χ2n) is 5.88. The van der Waals surface area contributed by atoms with E-state index in [-0.39, 0.29) is 12.1 Å². The highest BCUT2D eigenvalue weighted by atomic mass is 16.5. The van der Waals surface area contributed by atoms with Gasteiger partial charge in [0.25, 0.3) is 5.91 Å². The maximum atomic E-state index is 12.9. The fourth-order valence-electron chi connectivity index (χ4n) is 2.74. The van der Waals surface area contributed by atoms with Gasteiger partial charge in [0.05, 0.1) is 13.5 Å². The normalized spacial score (nSPS) is 19.5. The van der Waals surface area contributed by atoms with Crippen LogP contribution in [0.3, 0.4) is 0 Å². The third-order valence-corrected chi connectivity index (χ3v) is 4.13. The van der Waals surface area contributed by atoms with Crippen LogP contribution in [0, 0.1) is 6.92 Å². The van der Waals surface area contributed by atoms with Crippen LogP contribution in [0.15, 0.2) is 59.7 Å². The zero-order valence-corrected chi connectivity index (χ0v) is 14.0. The van der Waals surface area contributed by atoms with Gasteiger partial charge in [0.15, 0.2) is 11.4 Å². The Balaban J connectivity index is 2.05. The van der Waals surface area contributed by atoms with Crippen LogP contribution in [0.5, 0.6) is 0 Å². The summed E-state index contributed by atoms with van der Waals surface area (Å²) in [7, 11) is 1.23. The molecule has 25 heavy (non-hydrogen) atoms. The third-order valence-electron chi connectivity index (χ3n) is 4.13. The zero-order chi connectivity index (χ0) is 18.0. The Labute approximate surface area is 145 Å². The topological polar surface area (TPSA) is 79.2 Å². The van der Waals surface area contributed by atoms with E-state index in [0.29, 0.717) is 11.1 Å². The average molecular weight is 338 g/mol. The van der Waals surface area contributed by atoms with Crippen LogP contribution in [-0.2, 0) is 15.3 Å². The Morgan fingerprint density at radius 3 is 2.36 bits per heavy atom. The fourth-order valence-corrected chi connectivity index (χ4v) is 2.74. The minimum atomic E-state index is -1.75. The van der Waals surface area contributed by atoms with Gasteiger partial charge < -0.3 is 9.84 Å². The Morgan fingerprint density at radius 2 is 1.76 bits per heavy atom. The molecule has 0 saturated carbocycles. The predicted molar refractivity (Wildman–Crippen MR) is 91.8 cm³/mol. The lowest BCUT2D eigenvalue weighted by Gasteiger charge is -2.31. The van der Waals surface area contributed by atoms with E-state index in [1.807, 2.05) is 19.1 Å². The first-order valence-electron chi connectivity index (χ1n) is 7.80. The minimum absolute atomic E-state index is 0.00476. The minimum Gasteiger partial charge on any atom is -0.464 e. The van der Waals surface area contributed by atoms with Crippen LogP contribution in [0.2, 0.25) is 0 Å². The van der Waals surface area contributed by atoms with Crippen LogP contribution in [0.1, 0.15) is 27.9 Å². The summed E-state index contributed by atoms with van der Waals surface area (Å²) in [5, 5.41) is 16.3. The van der Waals surface area contributed by atoms with E-state index in [1.165, 1.54) is 7.11 Å². The second kappa shape index (κ2) is 6.49. The van der Waals surface area contributed by atoms with E-state index >= 15 is 0 Å². The number of esters is 1. The number of benzene rings is 2. The average Bonchev–Trinajstić information content (AvgIpc) is 3.00. The van der Waals surface area contributed by atoms with Crippen molar-refractivity contribution >= 4 is 17.6 Å². The number of hydrogen-bond acceptors (Lipinski definition) is 5. The van der Waals surface area contributed by atoms with E-state index < -0.39 is 17.6 Å². The van der Waals surface area contributed by atoms with Crippen molar-refractivity contribution in [1.29, 1.82) is 0 Å². The summed E-state index contributed by atoms with van der Waals surface area (Å²) < 4.78 is 4.70. The number of hydrogen-bond donors (Lipinski definition) is 1. The number of carbonyl (C=O) groups is 2. The van der Waals surface area contributed by atoms with Gasteiger partial charge in [0.1, 0.15) is 0 Å². The summed E-state index contributed by atoms with van der Waals surface area (Å²) >= 11 is 0. The molecule has 1 aliphatic heterocycles. The molecule has 1 N–H and O–H groups in total. The van der Waals surface area contributed by atoms with E-state index in [9.17, 15) is 14.7 Å². The maximum Gasteiger partial charge on any atom is 0.354 e. The number of methoxy groups -OCH3 is 1. The highest BCUT2D eigenvalue weighted by molar-refractivity contribution is 6.37. The first-order chi connectivity index (χ1) is 12.0. The molecule has 6 nitrogen and oxygen atoms in total. The van der Waals surface area contributed by atoms with Gasteiger partial charge in [-0.2, -0.15) is 10.1 Å². The molecule has 0 bridgehead atoms. The Bertz CT molecular complexity index is 830. The smallest absolute Gasteiger partial charge is 0.354 e. The molecule has 2 aromatic rings. The molecule has 0 spiro atoms. The first kappa shape index (κ1) is 16.9. The second-order valence-corrected chi connectivity index (χ2v) is 5.88. The van der Waals surface area contributed by atoms with Crippen LogP contribution in [0.4, 0.5) is 0 Å². The van der Waals surface area contributed by atoms with Gasteiger partial charge in [-0.3, -0.25) is 4.79 Å². The van der Waals surface area contributed by atoms with Gasteiger partial charge in [0, 0.05) is 11.1 Å². The highest BCUT2D eigenvalue weighted by Gasteiger charge is 2.48. The Kier molecular flexibility index (Phi) is 4.37. The number of nitrogens with zero attached hydrogens (tertiary/aromatic N) is 2. The van der Waals surface area contributed by atoms with Crippen LogP contribution < -0.4 is 0 Å². The number of hydrazone groups is 1. The lowest BCUT2D eigenvalue weighted by molar-refractivity contribution is -0.133. The summed E-state index contributed by atoms with van der Waals surface area (Å²) in [5.74, 6) is -1.17. The number of aliphatic hydroxyl groups is 1. The molecule has 0 saturated heterocycles. The SMILES string of the molecule is COC(=O)C1=NN(C(=O)c2ccccc2)[C@](O)(c2ccc(C)cc2)C1. The summed E-state index contributed by atoms with van der Waals surface area (Å²) in [4.78, 5) is 24.8. The Hall–Kier alpha value is -2.99. The van der Waals surface area contributed by atoms with Crippen molar-refractivity contribution in [3.63, 3.8) is 0 Å². The molecule has 0 aliphatic carbocycles. The van der Waals surface area contributed by atoms with Gasteiger partial charge in [-0.05, 0) is 19.1 Å². The van der Waals surface area contributed by atoms with Gasteiger partial charge >= 0.3 is 5.97 Å². The molecule has 1 aliphatic rings. The molecule has 1 atom stereocenters. The monoisotopic (exact) mass is 338 g/mol. The molecular weight excluding hydrogens is 320 g/mol. The number of rotatable bonds is 3. The molecule has 0 aromatic heterocycles. The summed E-state index contributed by atoms with van der Waals surface area (Å²) in [6.45, 7) is 1.92. The van der Waals surface area contributed by atoms with Crippen molar-refractivity contribution < 1.29 is 19.4 Å². The fraction of sp³-hybridized carbons (Fsp3) is 0.211. The molecule has 2 aromatic carbocycles. The van der Waals surface area contributed by atoms with Crippen molar-refractivity contribution in [2.75, 3.05) is 7.11 Å². The van der Waals surface area contributed by atoms with E-state index in [4.69, 9.17) is 4.74 Å². The first-order valence-corrected chi connectivity index (χ1v) is 7.80. The number of carbonyl (C=O) groups excluding carboxylic acids is 2. The molecule has 0 fully saturated rings. The van der Waals surface area contributed by atoms with E-state index in [1.54, 1.807) is 42.5 Å². The largest absolute Gasteiger partial charge is 0.464 e. The van der Waals surface area contributed by atoms with Gasteiger partial charge in [-0.15, -0.1) is 0 Å². The quantitative estimate of drug-likeness (QED) is 0.870. The summed E-state index contributed by atoms with van der Waals surface area (Å²) in [6.07, 6.45) is -0.138. The standard InChI is InChI=1S/C19H18N2O4/c1-13-8-10-15(11-9-13)19(24)12-16(18(23)25-2)20-21(19)17(22)14-6-4-3-5-7-14/h3-11,24H,12H2,1-2H3/t19-/m1/s1. The molecular formula is C19H18N2O4. The van der Waals surface area contributed by atoms with E-state index in [0.717, 1.165) is 10.6 Å². The summed E-state index contributed by atoms with van der Waals surface area (Å²) in [5.41, 5.74) is 0.104. The van der Waals surface area contributed by atoms with Gasteiger partial charge in [-0.1, -0.05) is 48.0 Å². The lowest BCUT2D eigenvalue weighted by atomic mass is 9.96. The molecule has 128 valence electrons. The van der Waals surface area contributed by atoms with Crippen molar-refractivity contribution in [1.82, 2.24) is 5.01 Å². The zero-order valence-electron chi connectivity index (χ0n) is 14.0. The van der Waals surface area contributed by atoms with Gasteiger partial charge in [-0.25, -0.2) is 4.79 Å².